The van der Waals surface area contributed by atoms with Crippen molar-refractivity contribution in [2.75, 3.05) is 13.2 Å². The van der Waals surface area contributed by atoms with Gasteiger partial charge in [0.1, 0.15) is 5.75 Å². The third kappa shape index (κ3) is 5.74. The summed E-state index contributed by atoms with van der Waals surface area (Å²) in [5.74, 6) is 1.70. The van der Waals surface area contributed by atoms with Crippen LogP contribution >= 0.6 is 0 Å². The Morgan fingerprint density at radius 1 is 1.11 bits per heavy atom. The van der Waals surface area contributed by atoms with Crippen molar-refractivity contribution >= 4 is 10.9 Å². The molecule has 8 nitrogen and oxygen atoms in total. The molecule has 0 saturated heterocycles. The number of benzene rings is 2. The number of nitrogens with zero attached hydrogens (tertiary/aromatic N) is 5. The van der Waals surface area contributed by atoms with Gasteiger partial charge in [-0.25, -0.2) is 4.68 Å². The number of aromatic amines is 1. The topological polar surface area (TPSA) is 88.9 Å². The molecule has 37 heavy (non-hydrogen) atoms. The number of hydrogen-bond donors (Lipinski definition) is 1. The van der Waals surface area contributed by atoms with Gasteiger partial charge in [0.15, 0.2) is 5.82 Å². The summed E-state index contributed by atoms with van der Waals surface area (Å²) in [6.07, 6.45) is 6.39. The molecule has 8 heteroatoms. The lowest BCUT2D eigenvalue weighted by Gasteiger charge is -2.31. The molecule has 1 N–H and O–H groups in total. The minimum absolute atomic E-state index is 0.00386. The van der Waals surface area contributed by atoms with E-state index in [9.17, 15) is 4.79 Å². The fourth-order valence-electron chi connectivity index (χ4n) is 5.52. The molecule has 2 aromatic heterocycles. The summed E-state index contributed by atoms with van der Waals surface area (Å²) in [7, 11) is 0. The second kappa shape index (κ2) is 11.7. The summed E-state index contributed by atoms with van der Waals surface area (Å²) in [6, 6.07) is 18.6. The van der Waals surface area contributed by atoms with Crippen LogP contribution in [0.15, 0.2) is 59.4 Å². The summed E-state index contributed by atoms with van der Waals surface area (Å²) < 4.78 is 7.74. The Hall–Kier alpha value is -3.52. The van der Waals surface area contributed by atoms with Crippen molar-refractivity contribution in [2.45, 2.75) is 71.0 Å². The van der Waals surface area contributed by atoms with Gasteiger partial charge in [-0.3, -0.25) is 9.69 Å². The fourth-order valence-corrected chi connectivity index (χ4v) is 5.52. The smallest absolute Gasteiger partial charge is 0.252 e. The lowest BCUT2D eigenvalue weighted by molar-refractivity contribution is 0.169. The molecule has 4 aromatic rings. The molecule has 1 aliphatic rings. The fraction of sp³-hybridized carbons (Fsp3) is 0.448. The van der Waals surface area contributed by atoms with Crippen molar-refractivity contribution in [1.82, 2.24) is 30.1 Å². The molecule has 2 aromatic carbocycles. The highest BCUT2D eigenvalue weighted by Gasteiger charge is 2.29. The molecule has 0 unspecified atom stereocenters. The highest BCUT2D eigenvalue weighted by atomic mass is 16.5. The van der Waals surface area contributed by atoms with E-state index >= 15 is 0 Å². The number of aromatic nitrogens is 5. The first-order valence-electron chi connectivity index (χ1n) is 13.5. The first-order chi connectivity index (χ1) is 18.2. The van der Waals surface area contributed by atoms with E-state index in [1.807, 2.05) is 37.3 Å². The van der Waals surface area contributed by atoms with Gasteiger partial charge in [0, 0.05) is 29.6 Å². The maximum absolute atomic E-state index is 13.2. The molecule has 0 radical (unpaired) electrons. The first-order valence-corrected chi connectivity index (χ1v) is 13.5. The standard InChI is InChI=1S/C29H36N6O2/c1-3-27(28-31-32-33-35(28)24-12-8-9-13-24)34(17-16-21-10-6-5-7-11-21)20-23-18-22-19-25(37-4-2)14-15-26(22)30-29(23)36/h5-7,10-11,14-15,18-19,24,27H,3-4,8-9,12-13,16-17,20H2,1-2H3,(H,30,36)/t27-/m1/s1. The average molecular weight is 501 g/mol. The van der Waals surface area contributed by atoms with Crippen LogP contribution in [-0.4, -0.2) is 43.2 Å². The van der Waals surface area contributed by atoms with E-state index in [1.54, 1.807) is 0 Å². The third-order valence-corrected chi connectivity index (χ3v) is 7.42. The van der Waals surface area contributed by atoms with Crippen LogP contribution in [-0.2, 0) is 13.0 Å². The van der Waals surface area contributed by atoms with Gasteiger partial charge < -0.3 is 9.72 Å². The van der Waals surface area contributed by atoms with Crippen LogP contribution in [0.1, 0.15) is 75.0 Å². The zero-order valence-corrected chi connectivity index (χ0v) is 21.8. The second-order valence-electron chi connectivity index (χ2n) is 9.86. The summed E-state index contributed by atoms with van der Waals surface area (Å²) in [5, 5.41) is 14.0. The minimum Gasteiger partial charge on any atom is -0.494 e. The first kappa shape index (κ1) is 25.1. The third-order valence-electron chi connectivity index (χ3n) is 7.42. The summed E-state index contributed by atoms with van der Waals surface area (Å²) >= 11 is 0. The second-order valence-corrected chi connectivity index (χ2v) is 9.86. The molecule has 1 atom stereocenters. The predicted octanol–water partition coefficient (Wildman–Crippen LogP) is 5.22. The molecule has 0 spiro atoms. The quantitative estimate of drug-likeness (QED) is 0.304. The normalized spacial score (nSPS) is 15.0. The summed E-state index contributed by atoms with van der Waals surface area (Å²) in [6.45, 7) is 6.04. The van der Waals surface area contributed by atoms with E-state index in [4.69, 9.17) is 4.74 Å². The lowest BCUT2D eigenvalue weighted by Crippen LogP contribution is -2.34. The summed E-state index contributed by atoms with van der Waals surface area (Å²) in [4.78, 5) is 18.6. The van der Waals surface area contributed by atoms with Crippen molar-refractivity contribution in [3.8, 4) is 5.75 Å². The van der Waals surface area contributed by atoms with Gasteiger partial charge in [-0.1, -0.05) is 50.1 Å². The van der Waals surface area contributed by atoms with E-state index in [0.29, 0.717) is 19.2 Å². The average Bonchev–Trinajstić information content (AvgIpc) is 3.61. The molecule has 1 aliphatic carbocycles. The van der Waals surface area contributed by atoms with E-state index in [0.717, 1.165) is 60.3 Å². The Balaban J connectivity index is 1.48. The van der Waals surface area contributed by atoms with Gasteiger partial charge in [-0.05, 0) is 72.9 Å². The van der Waals surface area contributed by atoms with Crippen molar-refractivity contribution in [2.24, 2.45) is 0 Å². The SMILES string of the molecule is CCOc1ccc2[nH]c(=O)c(CN(CCc3ccccc3)[C@H](CC)c3nnnn3C3CCCC3)cc2c1. The number of tetrazole rings is 1. The van der Waals surface area contributed by atoms with Crippen LogP contribution in [0.5, 0.6) is 5.75 Å². The maximum atomic E-state index is 13.2. The Labute approximate surface area is 217 Å². The molecule has 1 saturated carbocycles. The van der Waals surface area contributed by atoms with E-state index in [-0.39, 0.29) is 11.6 Å². The van der Waals surface area contributed by atoms with Gasteiger partial charge in [0.25, 0.3) is 5.56 Å². The lowest BCUT2D eigenvalue weighted by atomic mass is 10.1. The Morgan fingerprint density at radius 3 is 2.68 bits per heavy atom. The number of pyridine rings is 1. The number of H-pyrrole nitrogens is 1. The van der Waals surface area contributed by atoms with Crippen molar-refractivity contribution in [3.05, 3.63) is 81.9 Å². The van der Waals surface area contributed by atoms with Gasteiger partial charge in [-0.15, -0.1) is 5.10 Å². The Kier molecular flexibility index (Phi) is 7.94. The number of rotatable bonds is 11. The highest BCUT2D eigenvalue weighted by molar-refractivity contribution is 5.80. The molecule has 0 bridgehead atoms. The van der Waals surface area contributed by atoms with Gasteiger partial charge in [0.2, 0.25) is 0 Å². The Morgan fingerprint density at radius 2 is 1.92 bits per heavy atom. The zero-order valence-electron chi connectivity index (χ0n) is 21.8. The maximum Gasteiger partial charge on any atom is 0.252 e. The van der Waals surface area contributed by atoms with Crippen LogP contribution in [0, 0.1) is 0 Å². The number of nitrogens with one attached hydrogen (secondary N) is 1. The largest absolute Gasteiger partial charge is 0.494 e. The summed E-state index contributed by atoms with van der Waals surface area (Å²) in [5.41, 5.74) is 2.75. The Bertz CT molecular complexity index is 1360. The molecular formula is C29H36N6O2. The van der Waals surface area contributed by atoms with Crippen LogP contribution < -0.4 is 10.3 Å². The van der Waals surface area contributed by atoms with E-state index < -0.39 is 0 Å². The van der Waals surface area contributed by atoms with Gasteiger partial charge in [0.05, 0.1) is 18.7 Å². The van der Waals surface area contributed by atoms with Crippen LogP contribution in [0.4, 0.5) is 0 Å². The molecule has 2 heterocycles. The molecule has 0 aliphatic heterocycles. The van der Waals surface area contributed by atoms with Gasteiger partial charge >= 0.3 is 0 Å². The number of ether oxygens (including phenoxy) is 1. The molecular weight excluding hydrogens is 464 g/mol. The predicted molar refractivity (Wildman–Crippen MR) is 145 cm³/mol. The monoisotopic (exact) mass is 500 g/mol. The molecule has 5 rings (SSSR count). The van der Waals surface area contributed by atoms with E-state index in [1.165, 1.54) is 18.4 Å². The van der Waals surface area contributed by atoms with Crippen molar-refractivity contribution < 1.29 is 4.74 Å². The van der Waals surface area contributed by atoms with Crippen LogP contribution in [0.3, 0.4) is 0 Å². The number of fused-ring (bicyclic) bond motifs is 1. The number of hydrogen-bond acceptors (Lipinski definition) is 6. The van der Waals surface area contributed by atoms with Crippen LogP contribution in [0.2, 0.25) is 0 Å². The molecule has 0 amide bonds. The minimum atomic E-state index is -0.0633. The molecule has 1 fully saturated rings. The molecule has 194 valence electrons. The van der Waals surface area contributed by atoms with E-state index in [2.05, 4.69) is 61.3 Å². The highest BCUT2D eigenvalue weighted by Crippen LogP contribution is 2.33. The van der Waals surface area contributed by atoms with Crippen molar-refractivity contribution in [3.63, 3.8) is 0 Å². The zero-order chi connectivity index (χ0) is 25.6. The van der Waals surface area contributed by atoms with Gasteiger partial charge in [-0.2, -0.15) is 0 Å². The van der Waals surface area contributed by atoms with Crippen molar-refractivity contribution in [1.29, 1.82) is 0 Å². The van der Waals surface area contributed by atoms with Crippen LogP contribution in [0.25, 0.3) is 10.9 Å².